The van der Waals surface area contributed by atoms with E-state index in [9.17, 15) is 0 Å². The molecule has 3 unspecified atom stereocenters. The van der Waals surface area contributed by atoms with E-state index >= 15 is 0 Å². The lowest BCUT2D eigenvalue weighted by Gasteiger charge is -2.30. The molecule has 3 atom stereocenters. The second kappa shape index (κ2) is 4.24. The highest BCUT2D eigenvalue weighted by atomic mass is 15.2. The minimum atomic E-state index is 0.551. The van der Waals surface area contributed by atoms with Crippen LogP contribution in [-0.2, 0) is 0 Å². The Morgan fingerprint density at radius 3 is 2.82 bits per heavy atom. The van der Waals surface area contributed by atoms with Crippen LogP contribution in [0.1, 0.15) is 46.0 Å². The lowest BCUT2D eigenvalue weighted by atomic mass is 9.84. The van der Waals surface area contributed by atoms with Gasteiger partial charge in [0, 0.05) is 19.6 Å². The Labute approximate surface area is 106 Å². The Bertz CT molecular complexity index is 283. The van der Waals surface area contributed by atoms with Crippen LogP contribution in [0.5, 0.6) is 0 Å². The maximum atomic E-state index is 3.53. The molecule has 17 heavy (non-hydrogen) atoms. The Balaban J connectivity index is 1.57. The van der Waals surface area contributed by atoms with Crippen LogP contribution < -0.4 is 5.32 Å². The first-order valence-corrected chi connectivity index (χ1v) is 7.52. The number of rotatable bonds is 2. The number of nitrogens with one attached hydrogen (secondary N) is 1. The monoisotopic (exact) mass is 236 g/mol. The van der Waals surface area contributed by atoms with Crippen LogP contribution in [0, 0.1) is 16.7 Å². The zero-order valence-electron chi connectivity index (χ0n) is 11.6. The number of hydrogen-bond acceptors (Lipinski definition) is 2. The van der Waals surface area contributed by atoms with Crippen LogP contribution in [0.3, 0.4) is 0 Å². The fraction of sp³-hybridized carbons (Fsp3) is 1.00. The molecule has 98 valence electrons. The Hall–Kier alpha value is -0.0800. The largest absolute Gasteiger partial charge is 0.316 e. The zero-order valence-corrected chi connectivity index (χ0v) is 11.6. The molecule has 1 aliphatic carbocycles. The summed E-state index contributed by atoms with van der Waals surface area (Å²) in [5, 5.41) is 3.53. The van der Waals surface area contributed by atoms with Gasteiger partial charge in [0.15, 0.2) is 0 Å². The van der Waals surface area contributed by atoms with Gasteiger partial charge in [-0.1, -0.05) is 20.3 Å². The molecule has 0 bridgehead atoms. The van der Waals surface area contributed by atoms with Crippen molar-refractivity contribution in [2.75, 3.05) is 32.7 Å². The second-order valence-corrected chi connectivity index (χ2v) is 7.55. The lowest BCUT2D eigenvalue weighted by molar-refractivity contribution is 0.184. The van der Waals surface area contributed by atoms with Crippen molar-refractivity contribution >= 4 is 0 Å². The van der Waals surface area contributed by atoms with Crippen molar-refractivity contribution in [3.05, 3.63) is 0 Å². The molecule has 3 aliphatic rings. The molecule has 0 aromatic carbocycles. The highest BCUT2D eigenvalue weighted by Crippen LogP contribution is 2.48. The number of hydrogen-bond donors (Lipinski definition) is 1. The minimum absolute atomic E-state index is 0.551. The zero-order chi connectivity index (χ0) is 11.9. The van der Waals surface area contributed by atoms with E-state index in [0.717, 1.165) is 11.3 Å². The molecule has 2 aliphatic heterocycles. The maximum Gasteiger partial charge on any atom is 0.00482 e. The first-order valence-electron chi connectivity index (χ1n) is 7.52. The fourth-order valence-electron chi connectivity index (χ4n) is 4.57. The van der Waals surface area contributed by atoms with E-state index < -0.39 is 0 Å². The topological polar surface area (TPSA) is 15.3 Å². The molecular formula is C15H28N2. The summed E-state index contributed by atoms with van der Waals surface area (Å²) in [5.41, 5.74) is 1.28. The number of likely N-dealkylation sites (tertiary alicyclic amines) is 1. The molecule has 2 heterocycles. The van der Waals surface area contributed by atoms with Gasteiger partial charge in [0.1, 0.15) is 0 Å². The lowest BCUT2D eigenvalue weighted by Crippen LogP contribution is -2.37. The van der Waals surface area contributed by atoms with Crippen LogP contribution in [0.25, 0.3) is 0 Å². The summed E-state index contributed by atoms with van der Waals surface area (Å²) >= 11 is 0. The van der Waals surface area contributed by atoms with Crippen LogP contribution in [0.4, 0.5) is 0 Å². The normalized spacial score (nSPS) is 47.3. The van der Waals surface area contributed by atoms with Crippen molar-refractivity contribution in [2.45, 2.75) is 46.0 Å². The highest BCUT2D eigenvalue weighted by Gasteiger charge is 2.44. The van der Waals surface area contributed by atoms with Gasteiger partial charge in [-0.25, -0.2) is 0 Å². The van der Waals surface area contributed by atoms with Crippen molar-refractivity contribution < 1.29 is 0 Å². The summed E-state index contributed by atoms with van der Waals surface area (Å²) in [6.45, 7) is 11.5. The quantitative estimate of drug-likeness (QED) is 0.792. The highest BCUT2D eigenvalue weighted by molar-refractivity contribution is 4.97. The van der Waals surface area contributed by atoms with Gasteiger partial charge in [0.25, 0.3) is 0 Å². The van der Waals surface area contributed by atoms with Gasteiger partial charge in [-0.15, -0.1) is 0 Å². The van der Waals surface area contributed by atoms with Gasteiger partial charge >= 0.3 is 0 Å². The van der Waals surface area contributed by atoms with E-state index in [-0.39, 0.29) is 0 Å². The Morgan fingerprint density at radius 2 is 2.18 bits per heavy atom. The van der Waals surface area contributed by atoms with Crippen molar-refractivity contribution in [3.63, 3.8) is 0 Å². The maximum absolute atomic E-state index is 3.53. The van der Waals surface area contributed by atoms with E-state index in [0.29, 0.717) is 5.41 Å². The van der Waals surface area contributed by atoms with Gasteiger partial charge < -0.3 is 10.2 Å². The summed E-state index contributed by atoms with van der Waals surface area (Å²) in [7, 11) is 0. The molecule has 1 N–H and O–H groups in total. The average Bonchev–Trinajstić information content (AvgIpc) is 2.93. The Kier molecular flexibility index (Phi) is 2.99. The minimum Gasteiger partial charge on any atom is -0.316 e. The summed E-state index contributed by atoms with van der Waals surface area (Å²) in [4.78, 5) is 2.77. The third-order valence-electron chi connectivity index (χ3n) is 5.53. The van der Waals surface area contributed by atoms with Gasteiger partial charge in [-0.2, -0.15) is 0 Å². The van der Waals surface area contributed by atoms with Crippen molar-refractivity contribution in [1.82, 2.24) is 10.2 Å². The molecule has 2 saturated heterocycles. The van der Waals surface area contributed by atoms with Crippen LogP contribution in [0.15, 0.2) is 0 Å². The molecular weight excluding hydrogens is 208 g/mol. The van der Waals surface area contributed by atoms with Gasteiger partial charge in [0.2, 0.25) is 0 Å². The molecule has 1 saturated carbocycles. The predicted molar refractivity (Wildman–Crippen MR) is 72.1 cm³/mol. The smallest absolute Gasteiger partial charge is 0.00482 e. The predicted octanol–water partition coefficient (Wildman–Crippen LogP) is 2.50. The molecule has 3 fully saturated rings. The molecule has 0 aromatic rings. The van der Waals surface area contributed by atoms with Crippen molar-refractivity contribution in [1.29, 1.82) is 0 Å². The molecule has 0 aromatic heterocycles. The van der Waals surface area contributed by atoms with Crippen molar-refractivity contribution in [3.8, 4) is 0 Å². The van der Waals surface area contributed by atoms with E-state index in [1.165, 1.54) is 64.8 Å². The SMILES string of the molecule is CC1CCC2(CCN(CC3(C)CCNC3)C2)C1. The van der Waals surface area contributed by atoms with E-state index in [4.69, 9.17) is 0 Å². The van der Waals surface area contributed by atoms with Gasteiger partial charge in [-0.05, 0) is 55.5 Å². The first kappa shape index (κ1) is 12.0. The average molecular weight is 236 g/mol. The third kappa shape index (κ3) is 2.39. The molecule has 0 amide bonds. The van der Waals surface area contributed by atoms with E-state index in [1.54, 1.807) is 0 Å². The van der Waals surface area contributed by atoms with E-state index in [1.807, 2.05) is 0 Å². The summed E-state index contributed by atoms with van der Waals surface area (Å²) in [5.74, 6) is 0.985. The summed E-state index contributed by atoms with van der Waals surface area (Å²) in [6.07, 6.45) is 7.32. The second-order valence-electron chi connectivity index (χ2n) is 7.55. The molecule has 3 rings (SSSR count). The molecule has 0 radical (unpaired) electrons. The third-order valence-corrected chi connectivity index (χ3v) is 5.53. The summed E-state index contributed by atoms with van der Waals surface area (Å²) in [6, 6.07) is 0. The molecule has 2 nitrogen and oxygen atoms in total. The number of nitrogens with zero attached hydrogens (tertiary/aromatic N) is 1. The van der Waals surface area contributed by atoms with Crippen molar-refractivity contribution in [2.24, 2.45) is 16.7 Å². The van der Waals surface area contributed by atoms with Crippen LogP contribution >= 0.6 is 0 Å². The van der Waals surface area contributed by atoms with Gasteiger partial charge in [-0.3, -0.25) is 0 Å². The van der Waals surface area contributed by atoms with Gasteiger partial charge in [0.05, 0.1) is 0 Å². The standard InChI is InChI=1S/C15H28N2/c1-13-3-4-15(9-13)6-8-17(12-15)11-14(2)5-7-16-10-14/h13,16H,3-12H2,1-2H3. The van der Waals surface area contributed by atoms with Crippen LogP contribution in [-0.4, -0.2) is 37.6 Å². The first-order chi connectivity index (χ1) is 8.09. The fourth-order valence-corrected chi connectivity index (χ4v) is 4.57. The summed E-state index contributed by atoms with van der Waals surface area (Å²) < 4.78 is 0. The molecule has 1 spiro atoms. The molecule has 2 heteroatoms. The van der Waals surface area contributed by atoms with E-state index in [2.05, 4.69) is 24.1 Å². The Morgan fingerprint density at radius 1 is 1.29 bits per heavy atom. The van der Waals surface area contributed by atoms with Crippen LogP contribution in [0.2, 0.25) is 0 Å².